The van der Waals surface area contributed by atoms with Crippen LogP contribution in [0.4, 0.5) is 21.6 Å². The van der Waals surface area contributed by atoms with Gasteiger partial charge < -0.3 is 15.4 Å². The number of ether oxygens (including phenoxy) is 1. The Balaban J connectivity index is 1.67. The lowest BCUT2D eigenvalue weighted by Gasteiger charge is -2.08. The van der Waals surface area contributed by atoms with Gasteiger partial charge in [-0.2, -0.15) is 0 Å². The van der Waals surface area contributed by atoms with E-state index in [1.54, 1.807) is 24.3 Å². The quantitative estimate of drug-likeness (QED) is 0.699. The first-order valence-electron chi connectivity index (χ1n) is 7.56. The summed E-state index contributed by atoms with van der Waals surface area (Å²) in [6.07, 6.45) is 0. The van der Waals surface area contributed by atoms with Crippen LogP contribution in [0.1, 0.15) is 10.5 Å². The maximum atomic E-state index is 12.9. The van der Waals surface area contributed by atoms with Crippen LogP contribution in [0.25, 0.3) is 0 Å². The van der Waals surface area contributed by atoms with Gasteiger partial charge in [-0.3, -0.25) is 4.79 Å². The first-order chi connectivity index (χ1) is 12.5. The number of nitrogens with one attached hydrogen (secondary N) is 2. The third-order valence-corrected chi connectivity index (χ3v) is 3.72. The number of methoxy groups -OCH3 is 1. The molecule has 132 valence electrons. The standard InChI is InChI=1S/C18H14ClFN4O2/c1-26-16-8-6-13(10-14(16)19)21-17-9-7-15(23-24-17)18(25)22-12-4-2-11(20)3-5-12/h2-10H,1H3,(H,21,24)(H,22,25). The second-order valence-electron chi connectivity index (χ2n) is 5.24. The number of halogens is 2. The Morgan fingerprint density at radius 1 is 1.04 bits per heavy atom. The molecule has 0 unspecified atom stereocenters. The highest BCUT2D eigenvalue weighted by Crippen LogP contribution is 2.28. The molecule has 2 aromatic carbocycles. The first kappa shape index (κ1) is 17.6. The molecule has 0 bridgehead atoms. The first-order valence-corrected chi connectivity index (χ1v) is 7.94. The van der Waals surface area contributed by atoms with Crippen molar-refractivity contribution in [1.29, 1.82) is 0 Å². The zero-order valence-corrected chi connectivity index (χ0v) is 14.4. The van der Waals surface area contributed by atoms with E-state index >= 15 is 0 Å². The Morgan fingerprint density at radius 3 is 2.38 bits per heavy atom. The van der Waals surface area contributed by atoms with Crippen LogP contribution < -0.4 is 15.4 Å². The predicted molar refractivity (Wildman–Crippen MR) is 97.7 cm³/mol. The molecule has 3 aromatic rings. The van der Waals surface area contributed by atoms with Gasteiger partial charge in [-0.15, -0.1) is 10.2 Å². The molecule has 26 heavy (non-hydrogen) atoms. The number of hydrogen-bond acceptors (Lipinski definition) is 5. The highest BCUT2D eigenvalue weighted by atomic mass is 35.5. The third-order valence-electron chi connectivity index (χ3n) is 3.42. The summed E-state index contributed by atoms with van der Waals surface area (Å²) >= 11 is 6.07. The smallest absolute Gasteiger partial charge is 0.276 e. The highest BCUT2D eigenvalue weighted by Gasteiger charge is 2.09. The molecule has 1 heterocycles. The average Bonchev–Trinajstić information content (AvgIpc) is 2.64. The fourth-order valence-corrected chi connectivity index (χ4v) is 2.40. The van der Waals surface area contributed by atoms with E-state index < -0.39 is 5.91 Å². The van der Waals surface area contributed by atoms with E-state index in [0.29, 0.717) is 28.0 Å². The molecule has 0 fully saturated rings. The average molecular weight is 373 g/mol. The molecular weight excluding hydrogens is 359 g/mol. The maximum Gasteiger partial charge on any atom is 0.276 e. The summed E-state index contributed by atoms with van der Waals surface area (Å²) in [5.41, 5.74) is 1.30. The Kier molecular flexibility index (Phi) is 5.28. The van der Waals surface area contributed by atoms with Crippen molar-refractivity contribution >= 4 is 34.7 Å². The number of carbonyl (C=O) groups excluding carboxylic acids is 1. The minimum absolute atomic E-state index is 0.132. The van der Waals surface area contributed by atoms with Gasteiger partial charge in [-0.25, -0.2) is 4.39 Å². The number of nitrogens with zero attached hydrogens (tertiary/aromatic N) is 2. The number of carbonyl (C=O) groups is 1. The molecule has 1 amide bonds. The molecule has 3 rings (SSSR count). The lowest BCUT2D eigenvalue weighted by Crippen LogP contribution is -2.14. The van der Waals surface area contributed by atoms with E-state index in [1.807, 2.05) is 0 Å². The van der Waals surface area contributed by atoms with E-state index in [2.05, 4.69) is 20.8 Å². The van der Waals surface area contributed by atoms with Crippen LogP contribution in [-0.4, -0.2) is 23.2 Å². The Bertz CT molecular complexity index is 917. The summed E-state index contributed by atoms with van der Waals surface area (Å²) in [4.78, 5) is 12.1. The van der Waals surface area contributed by atoms with E-state index in [0.717, 1.165) is 0 Å². The molecule has 0 aliphatic heterocycles. The van der Waals surface area contributed by atoms with Crippen molar-refractivity contribution in [2.24, 2.45) is 0 Å². The van der Waals surface area contributed by atoms with Crippen molar-refractivity contribution < 1.29 is 13.9 Å². The minimum atomic E-state index is -0.442. The summed E-state index contributed by atoms with van der Waals surface area (Å²) in [5, 5.41) is 14.0. The second-order valence-corrected chi connectivity index (χ2v) is 5.65. The fourth-order valence-electron chi connectivity index (χ4n) is 2.14. The van der Waals surface area contributed by atoms with E-state index in [1.165, 1.54) is 37.4 Å². The van der Waals surface area contributed by atoms with Crippen LogP contribution in [-0.2, 0) is 0 Å². The largest absolute Gasteiger partial charge is 0.495 e. The van der Waals surface area contributed by atoms with Gasteiger partial charge in [-0.1, -0.05) is 11.6 Å². The SMILES string of the molecule is COc1ccc(Nc2ccc(C(=O)Nc3ccc(F)cc3)nn2)cc1Cl. The van der Waals surface area contributed by atoms with Crippen LogP contribution in [0, 0.1) is 5.82 Å². The predicted octanol–water partition coefficient (Wildman–Crippen LogP) is 4.27. The van der Waals surface area contributed by atoms with Gasteiger partial charge in [0.1, 0.15) is 11.6 Å². The highest BCUT2D eigenvalue weighted by molar-refractivity contribution is 6.32. The molecule has 0 aliphatic carbocycles. The number of amides is 1. The van der Waals surface area contributed by atoms with Gasteiger partial charge in [-0.05, 0) is 54.6 Å². The van der Waals surface area contributed by atoms with E-state index in [9.17, 15) is 9.18 Å². The lowest BCUT2D eigenvalue weighted by atomic mass is 10.3. The number of benzene rings is 2. The van der Waals surface area contributed by atoms with Gasteiger partial charge in [0.15, 0.2) is 11.5 Å². The molecule has 0 spiro atoms. The number of rotatable bonds is 5. The van der Waals surface area contributed by atoms with Crippen molar-refractivity contribution in [3.05, 3.63) is 71.1 Å². The van der Waals surface area contributed by atoms with Crippen LogP contribution in [0.2, 0.25) is 5.02 Å². The van der Waals surface area contributed by atoms with Crippen molar-refractivity contribution in [3.63, 3.8) is 0 Å². The van der Waals surface area contributed by atoms with Crippen LogP contribution >= 0.6 is 11.6 Å². The summed E-state index contributed by atoms with van der Waals surface area (Å²) in [5.74, 6) is 0.195. The van der Waals surface area contributed by atoms with Crippen molar-refractivity contribution in [2.75, 3.05) is 17.7 Å². The van der Waals surface area contributed by atoms with Gasteiger partial charge in [0, 0.05) is 11.4 Å². The van der Waals surface area contributed by atoms with Crippen molar-refractivity contribution in [2.45, 2.75) is 0 Å². The molecule has 0 atom stereocenters. The van der Waals surface area contributed by atoms with Crippen LogP contribution in [0.15, 0.2) is 54.6 Å². The Morgan fingerprint density at radius 2 is 1.77 bits per heavy atom. The lowest BCUT2D eigenvalue weighted by molar-refractivity contribution is 0.102. The second kappa shape index (κ2) is 7.79. The molecule has 8 heteroatoms. The zero-order valence-electron chi connectivity index (χ0n) is 13.7. The van der Waals surface area contributed by atoms with E-state index in [4.69, 9.17) is 16.3 Å². The van der Waals surface area contributed by atoms with E-state index in [-0.39, 0.29) is 11.5 Å². The normalized spacial score (nSPS) is 10.3. The van der Waals surface area contributed by atoms with Crippen LogP contribution in [0.3, 0.4) is 0 Å². The van der Waals surface area contributed by atoms with Crippen molar-refractivity contribution in [1.82, 2.24) is 10.2 Å². The number of anilines is 3. The van der Waals surface area contributed by atoms with Gasteiger partial charge in [0.2, 0.25) is 0 Å². The van der Waals surface area contributed by atoms with Gasteiger partial charge >= 0.3 is 0 Å². The summed E-state index contributed by atoms with van der Waals surface area (Å²) in [6.45, 7) is 0. The molecule has 1 aromatic heterocycles. The summed E-state index contributed by atoms with van der Waals surface area (Å²) < 4.78 is 18.0. The zero-order chi connectivity index (χ0) is 18.5. The van der Waals surface area contributed by atoms with Gasteiger partial charge in [0.25, 0.3) is 5.91 Å². The summed E-state index contributed by atoms with van der Waals surface area (Å²) in [7, 11) is 1.54. The van der Waals surface area contributed by atoms with Gasteiger partial charge in [0.05, 0.1) is 12.1 Å². The van der Waals surface area contributed by atoms with Crippen LogP contribution in [0.5, 0.6) is 5.75 Å². The molecule has 6 nitrogen and oxygen atoms in total. The molecule has 0 saturated heterocycles. The molecule has 0 saturated carbocycles. The third kappa shape index (κ3) is 4.25. The fraction of sp³-hybridized carbons (Fsp3) is 0.0556. The Hall–Kier alpha value is -3.19. The molecular formula is C18H14ClFN4O2. The molecule has 2 N–H and O–H groups in total. The number of aromatic nitrogens is 2. The monoisotopic (exact) mass is 372 g/mol. The maximum absolute atomic E-state index is 12.9. The number of hydrogen-bond donors (Lipinski definition) is 2. The van der Waals surface area contributed by atoms with Crippen molar-refractivity contribution in [3.8, 4) is 5.75 Å². The Labute approximate surface area is 154 Å². The topological polar surface area (TPSA) is 76.1 Å². The molecule has 0 radical (unpaired) electrons. The minimum Gasteiger partial charge on any atom is -0.495 e. The summed E-state index contributed by atoms with van der Waals surface area (Å²) in [6, 6.07) is 13.8. The molecule has 0 aliphatic rings.